The van der Waals surface area contributed by atoms with E-state index >= 15 is 0 Å². The molecule has 1 saturated heterocycles. The monoisotopic (exact) mass is 414 g/mol. The summed E-state index contributed by atoms with van der Waals surface area (Å²) in [6, 6.07) is 29.0. The molecule has 0 N–H and O–H groups in total. The number of para-hydroxylation sites is 1. The van der Waals surface area contributed by atoms with E-state index < -0.39 is 0 Å². The lowest BCUT2D eigenvalue weighted by molar-refractivity contribution is 0.0592. The molecule has 0 radical (unpaired) electrons. The Balaban J connectivity index is 1.50. The summed E-state index contributed by atoms with van der Waals surface area (Å²) in [5.74, 6) is 0.711. The maximum atomic E-state index is 13.2. The number of rotatable bonds is 6. The number of hydrogen-bond acceptors (Lipinski definition) is 3. The third-order valence-electron chi connectivity index (χ3n) is 5.68. The van der Waals surface area contributed by atoms with Gasteiger partial charge in [0.1, 0.15) is 5.75 Å². The highest BCUT2D eigenvalue weighted by molar-refractivity contribution is 5.97. The maximum Gasteiger partial charge on any atom is 0.257 e. The van der Waals surface area contributed by atoms with E-state index in [2.05, 4.69) is 65.6 Å². The van der Waals surface area contributed by atoms with Gasteiger partial charge in [-0.1, -0.05) is 72.8 Å². The van der Waals surface area contributed by atoms with Gasteiger partial charge in [-0.3, -0.25) is 9.69 Å². The second-order valence-corrected chi connectivity index (χ2v) is 8.21. The summed E-state index contributed by atoms with van der Waals surface area (Å²) in [4.78, 5) is 17.7. The first-order valence-corrected chi connectivity index (χ1v) is 11.0. The molecule has 1 heterocycles. The van der Waals surface area contributed by atoms with Crippen molar-refractivity contribution in [3.05, 3.63) is 102 Å². The number of amides is 1. The molecule has 4 nitrogen and oxygen atoms in total. The molecule has 1 aliphatic rings. The molecule has 0 aromatic heterocycles. The predicted octanol–water partition coefficient (Wildman–Crippen LogP) is 5.02. The molecule has 3 aromatic rings. The van der Waals surface area contributed by atoms with Gasteiger partial charge in [0, 0.05) is 26.2 Å². The Morgan fingerprint density at radius 1 is 0.742 bits per heavy atom. The minimum absolute atomic E-state index is 0.0308. The van der Waals surface area contributed by atoms with Crippen molar-refractivity contribution in [3.8, 4) is 5.75 Å². The molecule has 0 aliphatic carbocycles. The quantitative estimate of drug-likeness (QED) is 0.568. The number of carbonyl (C=O) groups is 1. The molecule has 0 bridgehead atoms. The number of nitrogens with zero attached hydrogens (tertiary/aromatic N) is 2. The molecule has 4 rings (SSSR count). The van der Waals surface area contributed by atoms with E-state index in [0.29, 0.717) is 24.4 Å². The van der Waals surface area contributed by atoms with Crippen LogP contribution in [0, 0.1) is 0 Å². The van der Waals surface area contributed by atoms with Gasteiger partial charge in [-0.25, -0.2) is 0 Å². The summed E-state index contributed by atoms with van der Waals surface area (Å²) in [5.41, 5.74) is 3.21. The number of carbonyl (C=O) groups excluding carboxylic acids is 1. The van der Waals surface area contributed by atoms with Gasteiger partial charge in [-0.05, 0) is 37.1 Å². The molecule has 0 saturated carbocycles. The van der Waals surface area contributed by atoms with Crippen LogP contribution in [0.25, 0.3) is 0 Å². The van der Waals surface area contributed by atoms with Crippen molar-refractivity contribution in [1.82, 2.24) is 9.80 Å². The highest BCUT2D eigenvalue weighted by Crippen LogP contribution is 2.30. The van der Waals surface area contributed by atoms with E-state index in [-0.39, 0.29) is 18.1 Å². The first-order valence-electron chi connectivity index (χ1n) is 11.0. The molecule has 1 aliphatic heterocycles. The highest BCUT2D eigenvalue weighted by atomic mass is 16.5. The van der Waals surface area contributed by atoms with Crippen LogP contribution in [0.5, 0.6) is 5.75 Å². The lowest BCUT2D eigenvalue weighted by atomic mass is 9.96. The fourth-order valence-corrected chi connectivity index (χ4v) is 4.24. The van der Waals surface area contributed by atoms with Crippen LogP contribution in [0.4, 0.5) is 0 Å². The van der Waals surface area contributed by atoms with Crippen LogP contribution in [0.15, 0.2) is 84.9 Å². The number of piperazine rings is 1. The summed E-state index contributed by atoms with van der Waals surface area (Å²) in [5, 5.41) is 0. The zero-order valence-electron chi connectivity index (χ0n) is 18.3. The number of benzene rings is 3. The molecule has 160 valence electrons. The zero-order chi connectivity index (χ0) is 21.6. The van der Waals surface area contributed by atoms with Crippen LogP contribution in [0.2, 0.25) is 0 Å². The summed E-state index contributed by atoms with van der Waals surface area (Å²) < 4.78 is 5.87. The van der Waals surface area contributed by atoms with Crippen LogP contribution < -0.4 is 4.74 Å². The van der Waals surface area contributed by atoms with E-state index in [0.717, 1.165) is 13.1 Å². The standard InChI is InChI=1S/C27H30N2O2/c1-21(2)31-25-16-10-9-15-24(25)27(30)29-19-17-28(18-20-29)26(22-11-5-3-6-12-22)23-13-7-4-8-14-23/h3-16,21,26H,17-20H2,1-2H3. The van der Waals surface area contributed by atoms with Crippen molar-refractivity contribution in [2.75, 3.05) is 26.2 Å². The minimum Gasteiger partial charge on any atom is -0.490 e. The Morgan fingerprint density at radius 2 is 1.26 bits per heavy atom. The molecule has 31 heavy (non-hydrogen) atoms. The van der Waals surface area contributed by atoms with Crippen molar-refractivity contribution in [1.29, 1.82) is 0 Å². The van der Waals surface area contributed by atoms with E-state index in [9.17, 15) is 4.79 Å². The summed E-state index contributed by atoms with van der Waals surface area (Å²) in [6.45, 7) is 7.01. The summed E-state index contributed by atoms with van der Waals surface area (Å²) in [7, 11) is 0. The molecular weight excluding hydrogens is 384 g/mol. The van der Waals surface area contributed by atoms with E-state index in [4.69, 9.17) is 4.74 Å². The summed E-state index contributed by atoms with van der Waals surface area (Å²) >= 11 is 0. The van der Waals surface area contributed by atoms with Crippen LogP contribution in [-0.2, 0) is 0 Å². The topological polar surface area (TPSA) is 32.8 Å². The Bertz CT molecular complexity index is 941. The third kappa shape index (κ3) is 4.97. The highest BCUT2D eigenvalue weighted by Gasteiger charge is 2.29. The van der Waals surface area contributed by atoms with Crippen molar-refractivity contribution >= 4 is 5.91 Å². The van der Waals surface area contributed by atoms with Gasteiger partial charge in [0.2, 0.25) is 0 Å². The van der Waals surface area contributed by atoms with Gasteiger partial charge < -0.3 is 9.64 Å². The van der Waals surface area contributed by atoms with Gasteiger partial charge in [-0.2, -0.15) is 0 Å². The Hall–Kier alpha value is -3.11. The largest absolute Gasteiger partial charge is 0.490 e. The van der Waals surface area contributed by atoms with E-state index in [1.807, 2.05) is 43.0 Å². The zero-order valence-corrected chi connectivity index (χ0v) is 18.3. The van der Waals surface area contributed by atoms with Gasteiger partial charge >= 0.3 is 0 Å². The Morgan fingerprint density at radius 3 is 1.81 bits per heavy atom. The van der Waals surface area contributed by atoms with Crippen LogP contribution in [0.1, 0.15) is 41.4 Å². The molecule has 0 unspecified atom stereocenters. The predicted molar refractivity (Wildman–Crippen MR) is 124 cm³/mol. The van der Waals surface area contributed by atoms with Crippen LogP contribution in [0.3, 0.4) is 0 Å². The first-order chi connectivity index (χ1) is 15.1. The van der Waals surface area contributed by atoms with Gasteiger partial charge in [0.15, 0.2) is 0 Å². The fraction of sp³-hybridized carbons (Fsp3) is 0.296. The smallest absolute Gasteiger partial charge is 0.257 e. The van der Waals surface area contributed by atoms with Gasteiger partial charge in [0.05, 0.1) is 17.7 Å². The maximum absolute atomic E-state index is 13.2. The second kappa shape index (κ2) is 9.80. The fourth-order valence-electron chi connectivity index (χ4n) is 4.24. The van der Waals surface area contributed by atoms with Gasteiger partial charge in [0.25, 0.3) is 5.91 Å². The molecule has 4 heteroatoms. The lowest BCUT2D eigenvalue weighted by Gasteiger charge is -2.40. The Labute approximate surface area is 185 Å². The van der Waals surface area contributed by atoms with Crippen molar-refractivity contribution in [2.24, 2.45) is 0 Å². The van der Waals surface area contributed by atoms with Crippen molar-refractivity contribution < 1.29 is 9.53 Å². The average Bonchev–Trinajstić information content (AvgIpc) is 2.81. The van der Waals surface area contributed by atoms with E-state index in [1.54, 1.807) is 0 Å². The molecule has 0 atom stereocenters. The normalized spacial score (nSPS) is 14.8. The Kier molecular flexibility index (Phi) is 6.68. The SMILES string of the molecule is CC(C)Oc1ccccc1C(=O)N1CCN(C(c2ccccc2)c2ccccc2)CC1. The van der Waals surface area contributed by atoms with Crippen molar-refractivity contribution in [3.63, 3.8) is 0 Å². The molecule has 1 amide bonds. The lowest BCUT2D eigenvalue weighted by Crippen LogP contribution is -2.50. The molecular formula is C27H30N2O2. The average molecular weight is 415 g/mol. The van der Waals surface area contributed by atoms with Crippen LogP contribution >= 0.6 is 0 Å². The molecule has 0 spiro atoms. The van der Waals surface area contributed by atoms with E-state index in [1.165, 1.54) is 11.1 Å². The third-order valence-corrected chi connectivity index (χ3v) is 5.68. The number of ether oxygens (including phenoxy) is 1. The number of hydrogen-bond donors (Lipinski definition) is 0. The second-order valence-electron chi connectivity index (χ2n) is 8.21. The first kappa shape index (κ1) is 21.1. The van der Waals surface area contributed by atoms with Crippen molar-refractivity contribution in [2.45, 2.75) is 26.0 Å². The summed E-state index contributed by atoms with van der Waals surface area (Å²) in [6.07, 6.45) is 0.0308. The van der Waals surface area contributed by atoms with Gasteiger partial charge in [-0.15, -0.1) is 0 Å². The minimum atomic E-state index is 0.0308. The molecule has 3 aromatic carbocycles. The molecule has 1 fully saturated rings. The van der Waals surface area contributed by atoms with Crippen LogP contribution in [-0.4, -0.2) is 48.0 Å².